The molecule has 0 aliphatic carbocycles. The average Bonchev–Trinajstić information content (AvgIpc) is 3.24. The Balaban J connectivity index is 1.50. The molecule has 1 saturated heterocycles. The first-order chi connectivity index (χ1) is 13.0. The van der Waals surface area contributed by atoms with Gasteiger partial charge in [0.2, 0.25) is 5.91 Å². The van der Waals surface area contributed by atoms with Gasteiger partial charge < -0.3 is 4.90 Å². The van der Waals surface area contributed by atoms with E-state index in [4.69, 9.17) is 0 Å². The molecule has 8 heteroatoms. The third-order valence-corrected chi connectivity index (χ3v) is 5.53. The van der Waals surface area contributed by atoms with Gasteiger partial charge in [-0.05, 0) is 56.7 Å². The molecule has 1 aliphatic heterocycles. The molecule has 0 bridgehead atoms. The Morgan fingerprint density at radius 3 is 2.74 bits per heavy atom. The highest BCUT2D eigenvalue weighted by atomic mass is 16.2. The summed E-state index contributed by atoms with van der Waals surface area (Å²) in [4.78, 5) is 14.6. The predicted molar refractivity (Wildman–Crippen MR) is 101 cm³/mol. The number of piperidine rings is 1. The maximum atomic E-state index is 12.6. The van der Waals surface area contributed by atoms with Gasteiger partial charge in [0, 0.05) is 25.2 Å². The van der Waals surface area contributed by atoms with Crippen LogP contribution in [0.5, 0.6) is 0 Å². The summed E-state index contributed by atoms with van der Waals surface area (Å²) in [5.74, 6) is 1.69. The molecule has 8 nitrogen and oxygen atoms in total. The number of nitrogens with zero attached hydrogens (tertiary/aromatic N) is 7. The van der Waals surface area contributed by atoms with E-state index in [2.05, 4.69) is 27.3 Å². The number of hydrogen-bond acceptors (Lipinski definition) is 5. The lowest BCUT2D eigenvalue weighted by Crippen LogP contribution is -2.38. The zero-order valence-corrected chi connectivity index (χ0v) is 16.1. The van der Waals surface area contributed by atoms with Gasteiger partial charge in [-0.3, -0.25) is 4.79 Å². The summed E-state index contributed by atoms with van der Waals surface area (Å²) in [6.45, 7) is 8.05. The summed E-state index contributed by atoms with van der Waals surface area (Å²) >= 11 is 0. The van der Waals surface area contributed by atoms with E-state index in [9.17, 15) is 4.79 Å². The fourth-order valence-electron chi connectivity index (χ4n) is 3.74. The molecule has 0 atom stereocenters. The second kappa shape index (κ2) is 7.09. The Kier molecular flexibility index (Phi) is 4.63. The third-order valence-electron chi connectivity index (χ3n) is 5.53. The molecule has 1 aliphatic rings. The number of carbonyl (C=O) groups excluding carboxylic acids is 1. The van der Waals surface area contributed by atoms with Crippen LogP contribution in [0.4, 0.5) is 0 Å². The van der Waals surface area contributed by atoms with Crippen molar-refractivity contribution in [2.24, 2.45) is 5.92 Å². The lowest BCUT2D eigenvalue weighted by Gasteiger charge is -2.30. The summed E-state index contributed by atoms with van der Waals surface area (Å²) < 4.78 is 3.46. The number of amides is 1. The summed E-state index contributed by atoms with van der Waals surface area (Å²) in [5.41, 5.74) is 3.78. The third kappa shape index (κ3) is 3.43. The van der Waals surface area contributed by atoms with Crippen molar-refractivity contribution in [1.82, 2.24) is 34.5 Å². The molecule has 0 unspecified atom stereocenters. The minimum Gasteiger partial charge on any atom is -0.343 e. The van der Waals surface area contributed by atoms with Gasteiger partial charge in [0.25, 0.3) is 0 Å². The minimum atomic E-state index is 0.248. The molecule has 0 radical (unpaired) electrons. The average molecular weight is 367 g/mol. The number of likely N-dealkylation sites (tertiary alicyclic amines) is 1. The quantitative estimate of drug-likeness (QED) is 0.705. The van der Waals surface area contributed by atoms with Gasteiger partial charge in [-0.15, -0.1) is 15.3 Å². The maximum absolute atomic E-state index is 12.6. The summed E-state index contributed by atoms with van der Waals surface area (Å²) in [6.07, 6.45) is 5.03. The van der Waals surface area contributed by atoms with E-state index in [1.807, 2.05) is 35.6 Å². The first kappa shape index (κ1) is 17.6. The highest BCUT2D eigenvalue weighted by molar-refractivity contribution is 5.76. The van der Waals surface area contributed by atoms with Gasteiger partial charge >= 0.3 is 0 Å². The van der Waals surface area contributed by atoms with Crippen LogP contribution in [0.15, 0.2) is 18.5 Å². The van der Waals surface area contributed by atoms with Crippen LogP contribution in [0.2, 0.25) is 0 Å². The van der Waals surface area contributed by atoms with Crippen molar-refractivity contribution in [3.8, 4) is 5.82 Å². The zero-order valence-electron chi connectivity index (χ0n) is 16.1. The van der Waals surface area contributed by atoms with Crippen LogP contribution >= 0.6 is 0 Å². The molecule has 1 fully saturated rings. The van der Waals surface area contributed by atoms with E-state index in [0.717, 1.165) is 48.8 Å². The van der Waals surface area contributed by atoms with Crippen LogP contribution in [0.3, 0.4) is 0 Å². The molecule has 0 saturated carbocycles. The van der Waals surface area contributed by atoms with Crippen molar-refractivity contribution in [3.63, 3.8) is 0 Å². The molecule has 27 heavy (non-hydrogen) atoms. The Hall–Kier alpha value is -2.77. The van der Waals surface area contributed by atoms with Crippen LogP contribution < -0.4 is 0 Å². The number of aromatic nitrogens is 6. The topological polar surface area (TPSA) is 81.2 Å². The van der Waals surface area contributed by atoms with E-state index < -0.39 is 0 Å². The second-order valence-corrected chi connectivity index (χ2v) is 7.45. The molecule has 4 heterocycles. The van der Waals surface area contributed by atoms with E-state index >= 15 is 0 Å². The lowest BCUT2D eigenvalue weighted by atomic mass is 9.98. The molecule has 0 aromatic carbocycles. The van der Waals surface area contributed by atoms with Crippen molar-refractivity contribution < 1.29 is 4.79 Å². The van der Waals surface area contributed by atoms with Gasteiger partial charge in [-0.2, -0.15) is 9.61 Å². The van der Waals surface area contributed by atoms with E-state index in [-0.39, 0.29) is 5.91 Å². The molecule has 3 aromatic rings. The SMILES string of the molecule is Cc1nn(-c2ccc3nncn3n2)c(C)c1CCC(=O)N1CCC(C)CC1. The predicted octanol–water partition coefficient (Wildman–Crippen LogP) is 2.12. The standard InChI is InChI=1S/C19H25N7O/c1-13-8-10-24(11-9-13)19(27)7-4-16-14(2)22-26(15(16)3)18-6-5-17-21-20-12-25(17)23-18/h5-6,12-13H,4,7-11H2,1-3H3. The van der Waals surface area contributed by atoms with Crippen LogP contribution in [0.25, 0.3) is 11.5 Å². The summed E-state index contributed by atoms with van der Waals surface area (Å²) in [6, 6.07) is 3.75. The van der Waals surface area contributed by atoms with Gasteiger partial charge in [-0.25, -0.2) is 4.68 Å². The Morgan fingerprint density at radius 1 is 1.19 bits per heavy atom. The monoisotopic (exact) mass is 367 g/mol. The molecule has 142 valence electrons. The van der Waals surface area contributed by atoms with Crippen LogP contribution in [-0.4, -0.2) is 53.5 Å². The van der Waals surface area contributed by atoms with Crippen LogP contribution in [0.1, 0.15) is 43.1 Å². The van der Waals surface area contributed by atoms with Crippen molar-refractivity contribution in [2.75, 3.05) is 13.1 Å². The van der Waals surface area contributed by atoms with E-state index in [1.54, 1.807) is 10.8 Å². The number of fused-ring (bicyclic) bond motifs is 1. The van der Waals surface area contributed by atoms with Gasteiger partial charge in [-0.1, -0.05) is 6.92 Å². The van der Waals surface area contributed by atoms with Crippen LogP contribution in [0, 0.1) is 19.8 Å². The van der Waals surface area contributed by atoms with E-state index in [1.165, 1.54) is 0 Å². The molecule has 0 spiro atoms. The van der Waals surface area contributed by atoms with Crippen molar-refractivity contribution in [3.05, 3.63) is 35.4 Å². The second-order valence-electron chi connectivity index (χ2n) is 7.45. The Morgan fingerprint density at radius 2 is 1.96 bits per heavy atom. The first-order valence-corrected chi connectivity index (χ1v) is 9.53. The Labute approximate surface area is 158 Å². The maximum Gasteiger partial charge on any atom is 0.222 e. The molecular weight excluding hydrogens is 342 g/mol. The fourth-order valence-corrected chi connectivity index (χ4v) is 3.74. The van der Waals surface area contributed by atoms with Crippen molar-refractivity contribution in [1.29, 1.82) is 0 Å². The highest BCUT2D eigenvalue weighted by Crippen LogP contribution is 2.21. The number of rotatable bonds is 4. The molecule has 1 amide bonds. The van der Waals surface area contributed by atoms with E-state index in [0.29, 0.717) is 24.3 Å². The fraction of sp³-hybridized carbons (Fsp3) is 0.526. The van der Waals surface area contributed by atoms with Crippen molar-refractivity contribution in [2.45, 2.75) is 46.5 Å². The van der Waals surface area contributed by atoms with Gasteiger partial charge in [0.1, 0.15) is 6.33 Å². The lowest BCUT2D eigenvalue weighted by molar-refractivity contribution is -0.132. The number of aryl methyl sites for hydroxylation is 1. The molecule has 3 aromatic heterocycles. The first-order valence-electron chi connectivity index (χ1n) is 9.53. The molecular formula is C19H25N7O. The number of hydrogen-bond donors (Lipinski definition) is 0. The summed E-state index contributed by atoms with van der Waals surface area (Å²) in [7, 11) is 0. The molecule has 0 N–H and O–H groups in total. The normalized spacial score (nSPS) is 15.6. The summed E-state index contributed by atoms with van der Waals surface area (Å²) in [5, 5.41) is 17.0. The zero-order chi connectivity index (χ0) is 19.0. The minimum absolute atomic E-state index is 0.248. The van der Waals surface area contributed by atoms with Gasteiger partial charge in [0.15, 0.2) is 11.5 Å². The highest BCUT2D eigenvalue weighted by Gasteiger charge is 2.21. The largest absolute Gasteiger partial charge is 0.343 e. The Bertz CT molecular complexity index is 966. The number of carbonyl (C=O) groups is 1. The van der Waals surface area contributed by atoms with Crippen LogP contribution in [-0.2, 0) is 11.2 Å². The smallest absolute Gasteiger partial charge is 0.222 e. The molecule has 4 rings (SSSR count). The van der Waals surface area contributed by atoms with Crippen molar-refractivity contribution >= 4 is 11.6 Å². The van der Waals surface area contributed by atoms with Gasteiger partial charge in [0.05, 0.1) is 5.69 Å².